The van der Waals surface area contributed by atoms with Gasteiger partial charge in [0.1, 0.15) is 5.60 Å². The molecule has 4 heteroatoms. The molecule has 0 spiro atoms. The molecule has 0 aromatic heterocycles. The lowest BCUT2D eigenvalue weighted by Crippen LogP contribution is -2.44. The molecule has 0 aromatic carbocycles. The van der Waals surface area contributed by atoms with Crippen LogP contribution in [0.15, 0.2) is 0 Å². The summed E-state index contributed by atoms with van der Waals surface area (Å²) in [5.41, 5.74) is -0.414. The molecule has 4 nitrogen and oxygen atoms in total. The maximum absolute atomic E-state index is 11.7. The van der Waals surface area contributed by atoms with Gasteiger partial charge in [0.25, 0.3) is 0 Å². The predicted octanol–water partition coefficient (Wildman–Crippen LogP) is 3.16. The Labute approximate surface area is 117 Å². The Morgan fingerprint density at radius 1 is 1.26 bits per heavy atom. The average molecular weight is 270 g/mol. The van der Waals surface area contributed by atoms with Crippen molar-refractivity contribution in [2.24, 2.45) is 0 Å². The Morgan fingerprint density at radius 3 is 2.32 bits per heavy atom. The van der Waals surface area contributed by atoms with E-state index in [-0.39, 0.29) is 12.1 Å². The number of nitrogens with one attached hydrogen (secondary N) is 1. The van der Waals surface area contributed by atoms with Crippen LogP contribution in [-0.2, 0) is 4.74 Å². The van der Waals surface area contributed by atoms with Crippen molar-refractivity contribution >= 4 is 6.09 Å². The summed E-state index contributed by atoms with van der Waals surface area (Å²) in [5.74, 6) is 0. The van der Waals surface area contributed by atoms with Gasteiger partial charge >= 0.3 is 6.09 Å². The highest BCUT2D eigenvalue weighted by molar-refractivity contribution is 5.68. The summed E-state index contributed by atoms with van der Waals surface area (Å²) in [6, 6.07) is 0.956. The molecule has 19 heavy (non-hydrogen) atoms. The molecule has 0 radical (unpaired) electrons. The van der Waals surface area contributed by atoms with Crippen molar-refractivity contribution in [2.45, 2.75) is 77.5 Å². The summed E-state index contributed by atoms with van der Waals surface area (Å²) in [6.45, 7) is 9.05. The quantitative estimate of drug-likeness (QED) is 0.853. The minimum absolute atomic E-state index is 0.279. The van der Waals surface area contributed by atoms with E-state index in [1.807, 2.05) is 20.8 Å². The van der Waals surface area contributed by atoms with Crippen molar-refractivity contribution in [1.82, 2.24) is 10.2 Å². The van der Waals surface area contributed by atoms with Gasteiger partial charge in [-0.3, -0.25) is 0 Å². The van der Waals surface area contributed by atoms with Crippen LogP contribution in [0.3, 0.4) is 0 Å². The predicted molar refractivity (Wildman–Crippen MR) is 78.3 cm³/mol. The molecule has 112 valence electrons. The number of hydrogen-bond acceptors (Lipinski definition) is 3. The van der Waals surface area contributed by atoms with E-state index in [0.717, 1.165) is 32.2 Å². The van der Waals surface area contributed by atoms with Crippen LogP contribution in [0.5, 0.6) is 0 Å². The van der Waals surface area contributed by atoms with E-state index in [4.69, 9.17) is 4.74 Å². The fourth-order valence-electron chi connectivity index (χ4n) is 2.67. The van der Waals surface area contributed by atoms with Crippen LogP contribution in [-0.4, -0.2) is 42.3 Å². The first-order chi connectivity index (χ1) is 8.81. The van der Waals surface area contributed by atoms with Crippen molar-refractivity contribution < 1.29 is 9.53 Å². The molecule has 0 aliphatic heterocycles. The van der Waals surface area contributed by atoms with Gasteiger partial charge in [-0.1, -0.05) is 6.92 Å². The molecule has 0 unspecified atom stereocenters. The molecule has 1 fully saturated rings. The van der Waals surface area contributed by atoms with Crippen LogP contribution in [0.4, 0.5) is 4.79 Å². The summed E-state index contributed by atoms with van der Waals surface area (Å²) in [7, 11) is 2.20. The summed E-state index contributed by atoms with van der Waals surface area (Å²) < 4.78 is 5.29. The standard InChI is InChI=1S/C15H30N2O2/c1-6-11-17(5)13-9-7-12(8-10-13)16-14(18)19-15(2,3)4/h12-13H,6-11H2,1-5H3,(H,16,18)/t12-,13+. The zero-order valence-electron chi connectivity index (χ0n) is 13.2. The number of carbonyl (C=O) groups excluding carboxylic acids is 1. The molecule has 0 heterocycles. The maximum Gasteiger partial charge on any atom is 0.407 e. The Hall–Kier alpha value is -0.770. The van der Waals surface area contributed by atoms with E-state index >= 15 is 0 Å². The highest BCUT2D eigenvalue weighted by atomic mass is 16.6. The molecule has 0 bridgehead atoms. The van der Waals surface area contributed by atoms with Gasteiger partial charge in [-0.25, -0.2) is 4.79 Å². The smallest absolute Gasteiger partial charge is 0.407 e. The Balaban J connectivity index is 2.28. The van der Waals surface area contributed by atoms with Crippen molar-refractivity contribution in [1.29, 1.82) is 0 Å². The molecule has 0 saturated heterocycles. The van der Waals surface area contributed by atoms with Gasteiger partial charge in [-0.15, -0.1) is 0 Å². The van der Waals surface area contributed by atoms with E-state index < -0.39 is 5.60 Å². The number of hydrogen-bond donors (Lipinski definition) is 1. The molecular weight excluding hydrogens is 240 g/mol. The van der Waals surface area contributed by atoms with Gasteiger partial charge in [0.15, 0.2) is 0 Å². The van der Waals surface area contributed by atoms with Gasteiger partial charge in [-0.2, -0.15) is 0 Å². The number of nitrogens with zero attached hydrogens (tertiary/aromatic N) is 1. The third-order valence-electron chi connectivity index (χ3n) is 3.62. The first-order valence-electron chi connectivity index (χ1n) is 7.51. The highest BCUT2D eigenvalue weighted by Crippen LogP contribution is 2.22. The fraction of sp³-hybridized carbons (Fsp3) is 0.933. The zero-order valence-corrected chi connectivity index (χ0v) is 13.2. The van der Waals surface area contributed by atoms with E-state index in [9.17, 15) is 4.79 Å². The lowest BCUT2D eigenvalue weighted by molar-refractivity contribution is 0.0480. The molecule has 1 aliphatic rings. The molecule has 1 rings (SSSR count). The molecular formula is C15H30N2O2. The molecule has 1 saturated carbocycles. The van der Waals surface area contributed by atoms with Gasteiger partial charge in [-0.05, 0) is 66.5 Å². The number of carbonyl (C=O) groups is 1. The Kier molecular flexibility index (Phi) is 6.11. The normalized spacial score (nSPS) is 24.3. The Bertz CT molecular complexity index is 278. The monoisotopic (exact) mass is 270 g/mol. The second-order valence-corrected chi connectivity index (χ2v) is 6.63. The number of ether oxygens (including phenoxy) is 1. The molecule has 0 aromatic rings. The fourth-order valence-corrected chi connectivity index (χ4v) is 2.67. The largest absolute Gasteiger partial charge is 0.444 e. The van der Waals surface area contributed by atoms with E-state index in [2.05, 4.69) is 24.2 Å². The molecule has 1 aliphatic carbocycles. The second-order valence-electron chi connectivity index (χ2n) is 6.63. The van der Waals surface area contributed by atoms with Crippen LogP contribution in [0.1, 0.15) is 59.8 Å². The summed E-state index contributed by atoms with van der Waals surface area (Å²) in [6.07, 6.45) is 5.36. The van der Waals surface area contributed by atoms with Crippen molar-refractivity contribution in [2.75, 3.05) is 13.6 Å². The van der Waals surface area contributed by atoms with Crippen molar-refractivity contribution in [3.63, 3.8) is 0 Å². The zero-order chi connectivity index (χ0) is 14.5. The third kappa shape index (κ3) is 6.28. The Morgan fingerprint density at radius 2 is 1.84 bits per heavy atom. The molecule has 1 amide bonds. The van der Waals surface area contributed by atoms with E-state index in [1.165, 1.54) is 6.42 Å². The van der Waals surface area contributed by atoms with Crippen LogP contribution in [0.25, 0.3) is 0 Å². The van der Waals surface area contributed by atoms with Crippen LogP contribution in [0, 0.1) is 0 Å². The van der Waals surface area contributed by atoms with Gasteiger partial charge < -0.3 is 15.0 Å². The maximum atomic E-state index is 11.7. The summed E-state index contributed by atoms with van der Waals surface area (Å²) in [5, 5.41) is 2.99. The SMILES string of the molecule is CCCN(C)[C@H]1CC[C@@H](NC(=O)OC(C)(C)C)CC1. The highest BCUT2D eigenvalue weighted by Gasteiger charge is 2.26. The molecule has 0 atom stereocenters. The molecule has 1 N–H and O–H groups in total. The first-order valence-corrected chi connectivity index (χ1v) is 7.51. The number of rotatable bonds is 4. The summed E-state index contributed by atoms with van der Waals surface area (Å²) >= 11 is 0. The number of alkyl carbamates (subject to hydrolysis) is 1. The van der Waals surface area contributed by atoms with Crippen molar-refractivity contribution in [3.05, 3.63) is 0 Å². The van der Waals surface area contributed by atoms with Crippen molar-refractivity contribution in [3.8, 4) is 0 Å². The van der Waals surface area contributed by atoms with E-state index in [0.29, 0.717) is 6.04 Å². The minimum atomic E-state index is -0.414. The van der Waals surface area contributed by atoms with Crippen LogP contribution < -0.4 is 5.32 Å². The third-order valence-corrected chi connectivity index (χ3v) is 3.62. The first kappa shape index (κ1) is 16.3. The second kappa shape index (κ2) is 7.13. The van der Waals surface area contributed by atoms with Crippen LogP contribution >= 0.6 is 0 Å². The lowest BCUT2D eigenvalue weighted by Gasteiger charge is -2.35. The topological polar surface area (TPSA) is 41.6 Å². The lowest BCUT2D eigenvalue weighted by atomic mass is 9.90. The van der Waals surface area contributed by atoms with Gasteiger partial charge in [0.05, 0.1) is 0 Å². The van der Waals surface area contributed by atoms with E-state index in [1.54, 1.807) is 0 Å². The van der Waals surface area contributed by atoms with Gasteiger partial charge in [0, 0.05) is 12.1 Å². The van der Waals surface area contributed by atoms with Gasteiger partial charge in [0.2, 0.25) is 0 Å². The summed E-state index contributed by atoms with van der Waals surface area (Å²) in [4.78, 5) is 14.1. The number of amides is 1. The minimum Gasteiger partial charge on any atom is -0.444 e. The average Bonchev–Trinajstić information content (AvgIpc) is 2.27. The van der Waals surface area contributed by atoms with Crippen LogP contribution in [0.2, 0.25) is 0 Å².